The summed E-state index contributed by atoms with van der Waals surface area (Å²) in [6, 6.07) is 8.27. The molecule has 0 radical (unpaired) electrons. The Kier molecular flexibility index (Phi) is 4.45. The Morgan fingerprint density at radius 3 is 2.50 bits per heavy atom. The molecule has 0 fully saturated rings. The summed E-state index contributed by atoms with van der Waals surface area (Å²) < 4.78 is 6.60. The number of nitrogens with zero attached hydrogens (tertiary/aromatic N) is 2. The standard InChI is InChI=1S/C13H15BrN2OS/c1-8(11-6-4-5-7-12(11)14)18-9(2)13-16-15-10(3)17-13/h4-9H,1-3H3/t8-,9+/m1/s1. The zero-order valence-electron chi connectivity index (χ0n) is 10.6. The first-order valence-corrected chi connectivity index (χ1v) is 7.51. The van der Waals surface area contributed by atoms with E-state index in [0.29, 0.717) is 17.0 Å². The predicted molar refractivity (Wildman–Crippen MR) is 77.6 cm³/mol. The molecule has 0 aliphatic heterocycles. The first-order valence-electron chi connectivity index (χ1n) is 5.78. The molecule has 1 aromatic carbocycles. The van der Waals surface area contributed by atoms with Crippen molar-refractivity contribution in [2.45, 2.75) is 31.3 Å². The number of hydrogen-bond donors (Lipinski definition) is 0. The maximum atomic E-state index is 5.46. The second-order valence-electron chi connectivity index (χ2n) is 4.10. The van der Waals surface area contributed by atoms with Gasteiger partial charge in [0, 0.05) is 16.6 Å². The van der Waals surface area contributed by atoms with Gasteiger partial charge < -0.3 is 4.42 Å². The molecule has 0 aliphatic carbocycles. The van der Waals surface area contributed by atoms with Crippen molar-refractivity contribution in [3.63, 3.8) is 0 Å². The number of thioether (sulfide) groups is 1. The van der Waals surface area contributed by atoms with Crippen molar-refractivity contribution in [3.05, 3.63) is 46.1 Å². The summed E-state index contributed by atoms with van der Waals surface area (Å²) in [4.78, 5) is 0. The third-order valence-electron chi connectivity index (χ3n) is 2.64. The number of rotatable bonds is 4. The lowest BCUT2D eigenvalue weighted by Gasteiger charge is -2.16. The highest BCUT2D eigenvalue weighted by molar-refractivity contribution is 9.10. The molecule has 0 unspecified atom stereocenters. The first-order chi connectivity index (χ1) is 8.58. The molecule has 2 aromatic rings. The van der Waals surface area contributed by atoms with Crippen LogP contribution in [0.4, 0.5) is 0 Å². The van der Waals surface area contributed by atoms with Crippen LogP contribution < -0.4 is 0 Å². The summed E-state index contributed by atoms with van der Waals surface area (Å²) in [5, 5.41) is 8.48. The van der Waals surface area contributed by atoms with E-state index in [1.54, 1.807) is 11.8 Å². The van der Waals surface area contributed by atoms with Crippen molar-refractivity contribution < 1.29 is 4.42 Å². The Bertz CT molecular complexity index is 529. The molecule has 0 saturated carbocycles. The highest BCUT2D eigenvalue weighted by atomic mass is 79.9. The highest BCUT2D eigenvalue weighted by Gasteiger charge is 2.18. The third kappa shape index (κ3) is 3.14. The van der Waals surface area contributed by atoms with Crippen LogP contribution >= 0.6 is 27.7 Å². The van der Waals surface area contributed by atoms with Crippen LogP contribution in [0.2, 0.25) is 0 Å². The lowest BCUT2D eigenvalue weighted by Crippen LogP contribution is -1.95. The Hall–Kier alpha value is -0.810. The molecule has 0 N–H and O–H groups in total. The van der Waals surface area contributed by atoms with Gasteiger partial charge in [0.1, 0.15) is 0 Å². The molecule has 18 heavy (non-hydrogen) atoms. The van der Waals surface area contributed by atoms with Crippen LogP contribution in [-0.4, -0.2) is 10.2 Å². The average molecular weight is 327 g/mol. The molecular weight excluding hydrogens is 312 g/mol. The van der Waals surface area contributed by atoms with Gasteiger partial charge in [-0.3, -0.25) is 0 Å². The van der Waals surface area contributed by atoms with E-state index >= 15 is 0 Å². The van der Waals surface area contributed by atoms with Gasteiger partial charge in [0.15, 0.2) is 0 Å². The fourth-order valence-corrected chi connectivity index (χ4v) is 3.67. The SMILES string of the molecule is Cc1nnc([C@H](C)S[C@H](C)c2ccccc2Br)o1. The van der Waals surface area contributed by atoms with Crippen molar-refractivity contribution >= 4 is 27.7 Å². The fraction of sp³-hybridized carbons (Fsp3) is 0.385. The molecule has 0 spiro atoms. The van der Waals surface area contributed by atoms with Gasteiger partial charge in [-0.2, -0.15) is 0 Å². The molecule has 0 aliphatic rings. The minimum absolute atomic E-state index is 0.188. The van der Waals surface area contributed by atoms with Crippen molar-refractivity contribution in [1.82, 2.24) is 10.2 Å². The monoisotopic (exact) mass is 326 g/mol. The van der Waals surface area contributed by atoms with Crippen LogP contribution in [0, 0.1) is 6.92 Å². The smallest absolute Gasteiger partial charge is 0.229 e. The summed E-state index contributed by atoms with van der Waals surface area (Å²) >= 11 is 5.39. The van der Waals surface area contributed by atoms with Crippen LogP contribution in [0.3, 0.4) is 0 Å². The summed E-state index contributed by atoms with van der Waals surface area (Å²) in [6.07, 6.45) is 0. The largest absolute Gasteiger partial charge is 0.424 e. The second-order valence-corrected chi connectivity index (χ2v) is 6.64. The van der Waals surface area contributed by atoms with Crippen molar-refractivity contribution in [2.75, 3.05) is 0 Å². The van der Waals surface area contributed by atoms with Gasteiger partial charge in [-0.25, -0.2) is 0 Å². The van der Waals surface area contributed by atoms with E-state index in [9.17, 15) is 0 Å². The topological polar surface area (TPSA) is 38.9 Å². The highest BCUT2D eigenvalue weighted by Crippen LogP contribution is 2.41. The lowest BCUT2D eigenvalue weighted by atomic mass is 10.2. The normalized spacial score (nSPS) is 14.4. The minimum Gasteiger partial charge on any atom is -0.424 e. The Labute approximate surface area is 120 Å². The van der Waals surface area contributed by atoms with E-state index < -0.39 is 0 Å². The molecule has 1 heterocycles. The Balaban J connectivity index is 2.08. The summed E-state index contributed by atoms with van der Waals surface area (Å²) in [5.41, 5.74) is 1.28. The van der Waals surface area contributed by atoms with Crippen LogP contribution in [-0.2, 0) is 0 Å². The van der Waals surface area contributed by atoms with E-state index in [0.717, 1.165) is 4.47 Å². The van der Waals surface area contributed by atoms with Gasteiger partial charge in [-0.1, -0.05) is 34.1 Å². The number of aryl methyl sites for hydroxylation is 1. The number of hydrogen-bond acceptors (Lipinski definition) is 4. The molecule has 5 heteroatoms. The maximum Gasteiger partial charge on any atom is 0.229 e. The van der Waals surface area contributed by atoms with Crippen LogP contribution in [0.25, 0.3) is 0 Å². The molecule has 0 amide bonds. The molecule has 0 bridgehead atoms. The second kappa shape index (κ2) is 5.89. The molecule has 96 valence electrons. The van der Waals surface area contributed by atoms with Crippen molar-refractivity contribution in [2.24, 2.45) is 0 Å². The quantitative estimate of drug-likeness (QED) is 0.816. The zero-order valence-corrected chi connectivity index (χ0v) is 13.0. The molecule has 2 rings (SSSR count). The van der Waals surface area contributed by atoms with Crippen LogP contribution in [0.5, 0.6) is 0 Å². The van der Waals surface area contributed by atoms with Gasteiger partial charge in [0.2, 0.25) is 11.8 Å². The fourth-order valence-electron chi connectivity index (χ4n) is 1.72. The predicted octanol–water partition coefficient (Wildman–Crippen LogP) is 4.70. The van der Waals surface area contributed by atoms with Crippen LogP contribution in [0.15, 0.2) is 33.2 Å². The summed E-state index contributed by atoms with van der Waals surface area (Å²) in [6.45, 7) is 6.08. The van der Waals surface area contributed by atoms with E-state index in [-0.39, 0.29) is 5.25 Å². The van der Waals surface area contributed by atoms with E-state index in [1.165, 1.54) is 5.56 Å². The Morgan fingerprint density at radius 1 is 1.17 bits per heavy atom. The minimum atomic E-state index is 0.188. The maximum absolute atomic E-state index is 5.46. The van der Waals surface area contributed by atoms with E-state index in [2.05, 4.69) is 58.2 Å². The molecule has 2 atom stereocenters. The number of aromatic nitrogens is 2. The number of halogens is 1. The van der Waals surface area contributed by atoms with Crippen LogP contribution in [0.1, 0.15) is 41.7 Å². The van der Waals surface area contributed by atoms with Crippen molar-refractivity contribution in [3.8, 4) is 0 Å². The molecule has 0 saturated heterocycles. The van der Waals surface area contributed by atoms with Gasteiger partial charge in [0.25, 0.3) is 0 Å². The molecule has 1 aromatic heterocycles. The van der Waals surface area contributed by atoms with E-state index in [1.807, 2.05) is 13.0 Å². The summed E-state index contributed by atoms with van der Waals surface area (Å²) in [7, 11) is 0. The molecule has 3 nitrogen and oxygen atoms in total. The average Bonchev–Trinajstić information content (AvgIpc) is 2.76. The zero-order chi connectivity index (χ0) is 13.1. The van der Waals surface area contributed by atoms with Gasteiger partial charge in [-0.05, 0) is 25.5 Å². The van der Waals surface area contributed by atoms with Gasteiger partial charge in [-0.15, -0.1) is 22.0 Å². The van der Waals surface area contributed by atoms with E-state index in [4.69, 9.17) is 4.42 Å². The number of benzene rings is 1. The molecular formula is C13H15BrN2OS. The van der Waals surface area contributed by atoms with Crippen molar-refractivity contribution in [1.29, 1.82) is 0 Å². The van der Waals surface area contributed by atoms with Gasteiger partial charge in [0.05, 0.1) is 5.25 Å². The first kappa shape index (κ1) is 13.6. The Morgan fingerprint density at radius 2 is 1.89 bits per heavy atom. The lowest BCUT2D eigenvalue weighted by molar-refractivity contribution is 0.470. The third-order valence-corrected chi connectivity index (χ3v) is 4.64. The van der Waals surface area contributed by atoms with Gasteiger partial charge >= 0.3 is 0 Å². The summed E-state index contributed by atoms with van der Waals surface area (Å²) in [5.74, 6) is 1.31.